The molecule has 2 aromatic carbocycles. The van der Waals surface area contributed by atoms with Crippen molar-refractivity contribution in [3.63, 3.8) is 0 Å². The van der Waals surface area contributed by atoms with E-state index in [-0.39, 0.29) is 39.0 Å². The molecule has 3 saturated carbocycles. The van der Waals surface area contributed by atoms with E-state index in [0.717, 1.165) is 30.4 Å². The fourth-order valence-electron chi connectivity index (χ4n) is 6.10. The zero-order chi connectivity index (χ0) is 20.4. The summed E-state index contributed by atoms with van der Waals surface area (Å²) >= 11 is 12.2. The maximum Gasteiger partial charge on any atom is 0.151 e. The average molecular weight is 431 g/mol. The fraction of sp³-hybridized carbons (Fsp3) is 0.417. The molecule has 150 valence electrons. The third kappa shape index (κ3) is 2.81. The average Bonchev–Trinajstić information content (AvgIpc) is 3.35. The lowest BCUT2D eigenvalue weighted by atomic mass is 9.81. The number of ketones is 2. The summed E-state index contributed by atoms with van der Waals surface area (Å²) in [4.78, 5) is 26.7. The number of carbonyl (C=O) groups is 2. The Labute approximate surface area is 179 Å². The van der Waals surface area contributed by atoms with Crippen LogP contribution in [0, 0.1) is 29.5 Å². The van der Waals surface area contributed by atoms with Crippen LogP contribution in [0.25, 0.3) is 11.1 Å². The minimum atomic E-state index is -0.725. The van der Waals surface area contributed by atoms with Crippen molar-refractivity contribution in [1.82, 2.24) is 0 Å². The number of aryl methyl sites for hydroxylation is 1. The van der Waals surface area contributed by atoms with Crippen LogP contribution in [0.1, 0.15) is 43.2 Å². The number of halogens is 3. The summed E-state index contributed by atoms with van der Waals surface area (Å²) in [5, 5.41) is 0.440. The van der Waals surface area contributed by atoms with Gasteiger partial charge in [0, 0.05) is 22.4 Å². The Morgan fingerprint density at radius 1 is 1.00 bits per heavy atom. The monoisotopic (exact) mass is 430 g/mol. The highest BCUT2D eigenvalue weighted by atomic mass is 35.5. The summed E-state index contributed by atoms with van der Waals surface area (Å²) in [7, 11) is 0. The van der Waals surface area contributed by atoms with E-state index in [4.69, 9.17) is 23.2 Å². The van der Waals surface area contributed by atoms with Gasteiger partial charge in [-0.3, -0.25) is 9.59 Å². The van der Waals surface area contributed by atoms with Crippen LogP contribution in [-0.2, 0) is 16.0 Å². The van der Waals surface area contributed by atoms with Crippen molar-refractivity contribution >= 4 is 34.8 Å². The molecule has 29 heavy (non-hydrogen) atoms. The topological polar surface area (TPSA) is 34.1 Å². The molecule has 5 rings (SSSR count). The normalized spacial score (nSPS) is 30.3. The zero-order valence-corrected chi connectivity index (χ0v) is 17.6. The van der Waals surface area contributed by atoms with E-state index in [9.17, 15) is 14.0 Å². The van der Waals surface area contributed by atoms with E-state index in [0.29, 0.717) is 23.8 Å². The quantitative estimate of drug-likeness (QED) is 0.538. The van der Waals surface area contributed by atoms with Crippen LogP contribution >= 0.6 is 23.2 Å². The van der Waals surface area contributed by atoms with Gasteiger partial charge in [0.25, 0.3) is 0 Å². The van der Waals surface area contributed by atoms with Crippen molar-refractivity contribution in [3.8, 4) is 11.1 Å². The third-order valence-corrected chi connectivity index (χ3v) is 7.79. The highest BCUT2D eigenvalue weighted by Crippen LogP contribution is 2.59. The van der Waals surface area contributed by atoms with Gasteiger partial charge in [0.15, 0.2) is 11.6 Å². The maximum atomic E-state index is 14.6. The lowest BCUT2D eigenvalue weighted by Crippen LogP contribution is -2.24. The number of benzene rings is 2. The second-order valence-electron chi connectivity index (χ2n) is 8.63. The van der Waals surface area contributed by atoms with Crippen LogP contribution in [-0.4, -0.2) is 11.6 Å². The number of Topliss-reactive ketones (excluding diaryl/α,β-unsaturated/α-hetero) is 2. The van der Waals surface area contributed by atoms with E-state index >= 15 is 0 Å². The molecule has 0 spiro atoms. The zero-order valence-electron chi connectivity index (χ0n) is 16.1. The maximum absolute atomic E-state index is 14.6. The van der Waals surface area contributed by atoms with Crippen LogP contribution < -0.4 is 0 Å². The SMILES string of the molecule is CCc1ccc(-c2c(F)cc(Cl)cc2Cl)cc1C1C(=O)[C@@H]2[C@@H]3CC[C@@H](C3)[C@@H]2C1=O. The fourth-order valence-corrected chi connectivity index (χ4v) is 6.68. The van der Waals surface area contributed by atoms with Gasteiger partial charge >= 0.3 is 0 Å². The summed E-state index contributed by atoms with van der Waals surface area (Å²) in [5.41, 5.74) is 2.49. The molecule has 0 amide bonds. The van der Waals surface area contributed by atoms with Crippen molar-refractivity contribution in [2.24, 2.45) is 23.7 Å². The van der Waals surface area contributed by atoms with Gasteiger partial charge in [-0.15, -0.1) is 0 Å². The smallest absolute Gasteiger partial charge is 0.151 e. The van der Waals surface area contributed by atoms with Crippen molar-refractivity contribution < 1.29 is 14.0 Å². The van der Waals surface area contributed by atoms with Gasteiger partial charge in [-0.1, -0.05) is 42.3 Å². The van der Waals surface area contributed by atoms with Crippen LogP contribution in [0.5, 0.6) is 0 Å². The molecule has 0 N–H and O–H groups in total. The first-order valence-corrected chi connectivity index (χ1v) is 11.0. The summed E-state index contributed by atoms with van der Waals surface area (Å²) in [6.07, 6.45) is 3.84. The van der Waals surface area contributed by atoms with E-state index in [2.05, 4.69) is 0 Å². The lowest BCUT2D eigenvalue weighted by Gasteiger charge is -2.21. The number of hydrogen-bond donors (Lipinski definition) is 0. The van der Waals surface area contributed by atoms with E-state index in [1.54, 1.807) is 12.1 Å². The lowest BCUT2D eigenvalue weighted by molar-refractivity contribution is -0.125. The van der Waals surface area contributed by atoms with E-state index in [1.165, 1.54) is 12.1 Å². The Kier molecular flexibility index (Phi) is 4.60. The Morgan fingerprint density at radius 3 is 2.24 bits per heavy atom. The predicted molar refractivity (Wildman–Crippen MR) is 112 cm³/mol. The summed E-state index contributed by atoms with van der Waals surface area (Å²) < 4.78 is 14.6. The molecule has 2 nitrogen and oxygen atoms in total. The number of hydrogen-bond acceptors (Lipinski definition) is 2. The highest BCUT2D eigenvalue weighted by molar-refractivity contribution is 6.36. The molecule has 5 heteroatoms. The second kappa shape index (κ2) is 6.92. The summed E-state index contributed by atoms with van der Waals surface area (Å²) in [6.45, 7) is 2.00. The molecule has 2 aromatic rings. The van der Waals surface area contributed by atoms with Gasteiger partial charge in [0.05, 0.1) is 5.02 Å². The first-order valence-electron chi connectivity index (χ1n) is 10.3. The Morgan fingerprint density at radius 2 is 1.66 bits per heavy atom. The number of carbonyl (C=O) groups excluding carboxylic acids is 2. The van der Waals surface area contributed by atoms with Gasteiger partial charge < -0.3 is 0 Å². The Hall–Kier alpha value is -1.71. The predicted octanol–water partition coefficient (Wildman–Crippen LogP) is 6.26. The van der Waals surface area contributed by atoms with Crippen molar-refractivity contribution in [2.45, 2.75) is 38.5 Å². The molecule has 0 aliphatic heterocycles. The largest absolute Gasteiger partial charge is 0.298 e. The Balaban J connectivity index is 1.62. The minimum Gasteiger partial charge on any atom is -0.298 e. The minimum absolute atomic E-state index is 0.0710. The van der Waals surface area contributed by atoms with E-state index in [1.807, 2.05) is 13.0 Å². The molecule has 1 unspecified atom stereocenters. The first-order chi connectivity index (χ1) is 13.9. The molecule has 0 radical (unpaired) electrons. The molecule has 3 aliphatic carbocycles. The highest BCUT2D eigenvalue weighted by Gasteiger charge is 2.61. The van der Waals surface area contributed by atoms with Crippen LogP contribution in [0.3, 0.4) is 0 Å². The molecule has 0 aromatic heterocycles. The number of rotatable bonds is 3. The Bertz CT molecular complexity index is 996. The molecule has 5 atom stereocenters. The standard InChI is InChI=1S/C24H21Cl2FO2/c1-2-11-3-4-14(19-17(26)9-15(25)10-18(19)27)8-16(11)22-23(28)20-12-5-6-13(7-12)21(20)24(22)29/h3-4,8-10,12-13,20-22H,2,5-7H2,1H3/t12-,13+,20-,21+,22?. The van der Waals surface area contributed by atoms with Gasteiger partial charge in [-0.25, -0.2) is 4.39 Å². The van der Waals surface area contributed by atoms with Crippen molar-refractivity contribution in [1.29, 1.82) is 0 Å². The third-order valence-electron chi connectivity index (χ3n) is 7.28. The molecule has 0 heterocycles. The van der Waals surface area contributed by atoms with Gasteiger partial charge in [-0.2, -0.15) is 0 Å². The van der Waals surface area contributed by atoms with Crippen LogP contribution in [0.15, 0.2) is 30.3 Å². The summed E-state index contributed by atoms with van der Waals surface area (Å²) in [6, 6.07) is 8.21. The van der Waals surface area contributed by atoms with Gasteiger partial charge in [0.1, 0.15) is 11.7 Å². The van der Waals surface area contributed by atoms with Crippen molar-refractivity contribution in [2.75, 3.05) is 0 Å². The van der Waals surface area contributed by atoms with Crippen LogP contribution in [0.2, 0.25) is 10.0 Å². The molecule has 3 fully saturated rings. The molecule has 2 bridgehead atoms. The first kappa shape index (κ1) is 19.3. The molecule has 3 aliphatic rings. The van der Waals surface area contributed by atoms with Crippen LogP contribution in [0.4, 0.5) is 4.39 Å². The molecular formula is C24H21Cl2FO2. The van der Waals surface area contributed by atoms with E-state index < -0.39 is 11.7 Å². The summed E-state index contributed by atoms with van der Waals surface area (Å²) in [5.74, 6) is -0.603. The molecule has 0 saturated heterocycles. The van der Waals surface area contributed by atoms with Gasteiger partial charge in [-0.05, 0) is 72.4 Å². The second-order valence-corrected chi connectivity index (χ2v) is 9.48. The van der Waals surface area contributed by atoms with Gasteiger partial charge in [0.2, 0.25) is 0 Å². The number of fused-ring (bicyclic) bond motifs is 5. The van der Waals surface area contributed by atoms with Crippen molar-refractivity contribution in [3.05, 3.63) is 57.3 Å². The molecular weight excluding hydrogens is 410 g/mol.